The lowest BCUT2D eigenvalue weighted by Crippen LogP contribution is -2.55. The number of fused-ring (bicyclic) bond motifs is 4. The molecule has 0 amide bonds. The molecule has 5 heteroatoms. The first kappa shape index (κ1) is 17.3. The zero-order chi connectivity index (χ0) is 18.4. The largest absolute Gasteiger partial charge is 0.497 e. The number of nitrogen functional groups attached to an aromatic ring is 1. The van der Waals surface area contributed by atoms with Crippen LogP contribution in [0.3, 0.4) is 0 Å². The van der Waals surface area contributed by atoms with Crippen LogP contribution in [0.4, 0.5) is 5.82 Å². The van der Waals surface area contributed by atoms with Gasteiger partial charge in [0.15, 0.2) is 0 Å². The van der Waals surface area contributed by atoms with Crippen LogP contribution in [0.25, 0.3) is 10.9 Å². The second kappa shape index (κ2) is 6.56. The van der Waals surface area contributed by atoms with Crippen LogP contribution in [-0.2, 0) is 0 Å². The third-order valence-electron chi connectivity index (χ3n) is 6.34. The molecule has 0 spiro atoms. The summed E-state index contributed by atoms with van der Waals surface area (Å²) >= 11 is 0. The van der Waals surface area contributed by atoms with Crippen molar-refractivity contribution in [1.29, 1.82) is 0 Å². The van der Waals surface area contributed by atoms with Crippen LogP contribution < -0.4 is 10.5 Å². The van der Waals surface area contributed by atoms with Crippen molar-refractivity contribution < 1.29 is 9.84 Å². The zero-order valence-corrected chi connectivity index (χ0v) is 15.5. The first-order chi connectivity index (χ1) is 12.5. The summed E-state index contributed by atoms with van der Waals surface area (Å²) in [5, 5.41) is 12.3. The van der Waals surface area contributed by atoms with Gasteiger partial charge in [-0.25, -0.2) is 4.98 Å². The van der Waals surface area contributed by atoms with E-state index in [1.54, 1.807) is 7.11 Å². The molecule has 5 nitrogen and oxygen atoms in total. The highest BCUT2D eigenvalue weighted by Gasteiger charge is 2.42. The fourth-order valence-corrected chi connectivity index (χ4v) is 4.79. The smallest absolute Gasteiger partial charge is 0.127 e. The predicted molar refractivity (Wildman–Crippen MR) is 104 cm³/mol. The molecule has 1 unspecified atom stereocenters. The molecule has 0 radical (unpaired) electrons. The molecule has 3 aliphatic rings. The van der Waals surface area contributed by atoms with E-state index in [9.17, 15) is 5.11 Å². The third kappa shape index (κ3) is 2.66. The van der Waals surface area contributed by atoms with Gasteiger partial charge in [-0.15, -0.1) is 6.58 Å². The van der Waals surface area contributed by atoms with Crippen LogP contribution in [0, 0.1) is 18.8 Å². The summed E-state index contributed by atoms with van der Waals surface area (Å²) in [5.74, 6) is 2.39. The lowest BCUT2D eigenvalue weighted by molar-refractivity contribution is -0.0446. The lowest BCUT2D eigenvalue weighted by Gasteiger charge is -2.50. The SMILES string of the molecule is C=C[C@H]1CN2CC[C@H]1C[C@@H]2[C@@H](O)c1c(C)c(N)nc2ccc(OC)cc12. The highest BCUT2D eigenvalue weighted by molar-refractivity contribution is 5.87. The minimum absolute atomic E-state index is 0.111. The summed E-state index contributed by atoms with van der Waals surface area (Å²) < 4.78 is 5.39. The number of nitrogens with two attached hydrogens (primary N) is 1. The molecule has 3 aliphatic heterocycles. The summed E-state index contributed by atoms with van der Waals surface area (Å²) in [6.07, 6.45) is 3.66. The normalized spacial score (nSPS) is 28.9. The van der Waals surface area contributed by atoms with E-state index in [0.29, 0.717) is 17.7 Å². The molecule has 26 heavy (non-hydrogen) atoms. The van der Waals surface area contributed by atoms with Crippen LogP contribution >= 0.6 is 0 Å². The number of rotatable bonds is 4. The number of nitrogens with zero attached hydrogens (tertiary/aromatic N) is 2. The second-order valence-corrected chi connectivity index (χ2v) is 7.61. The van der Waals surface area contributed by atoms with Gasteiger partial charge in [0.05, 0.1) is 18.7 Å². The van der Waals surface area contributed by atoms with Crippen molar-refractivity contribution in [1.82, 2.24) is 9.88 Å². The highest BCUT2D eigenvalue weighted by Crippen LogP contribution is 2.43. The number of hydrogen-bond acceptors (Lipinski definition) is 5. The van der Waals surface area contributed by atoms with Gasteiger partial charge in [-0.3, -0.25) is 4.90 Å². The molecule has 3 fully saturated rings. The number of aliphatic hydroxyl groups excluding tert-OH is 1. The monoisotopic (exact) mass is 353 g/mol. The maximum Gasteiger partial charge on any atom is 0.127 e. The molecular weight excluding hydrogens is 326 g/mol. The van der Waals surface area contributed by atoms with Gasteiger partial charge in [-0.2, -0.15) is 0 Å². The number of pyridine rings is 1. The molecule has 4 heterocycles. The average Bonchev–Trinajstić information content (AvgIpc) is 2.68. The molecular formula is C21H27N3O2. The fraction of sp³-hybridized carbons (Fsp3) is 0.476. The Morgan fingerprint density at radius 2 is 2.27 bits per heavy atom. The van der Waals surface area contributed by atoms with Crippen molar-refractivity contribution in [3.05, 3.63) is 42.0 Å². The molecule has 0 aliphatic carbocycles. The molecule has 5 rings (SSSR count). The Labute approximate surface area is 154 Å². The number of aromatic nitrogens is 1. The maximum absolute atomic E-state index is 11.4. The summed E-state index contributed by atoms with van der Waals surface area (Å²) in [6, 6.07) is 5.85. The first-order valence-electron chi connectivity index (χ1n) is 9.32. The van der Waals surface area contributed by atoms with Crippen molar-refractivity contribution in [3.63, 3.8) is 0 Å². The van der Waals surface area contributed by atoms with Crippen LogP contribution in [0.2, 0.25) is 0 Å². The number of ether oxygens (including phenoxy) is 1. The van der Waals surface area contributed by atoms with Crippen molar-refractivity contribution >= 4 is 16.7 Å². The van der Waals surface area contributed by atoms with Crippen molar-refractivity contribution in [2.45, 2.75) is 31.9 Å². The zero-order valence-electron chi connectivity index (χ0n) is 15.5. The van der Waals surface area contributed by atoms with E-state index in [1.807, 2.05) is 25.1 Å². The molecule has 2 bridgehead atoms. The van der Waals surface area contributed by atoms with Gasteiger partial charge in [0.2, 0.25) is 0 Å². The molecule has 0 saturated carbocycles. The first-order valence-corrected chi connectivity index (χ1v) is 9.32. The number of benzene rings is 1. The van der Waals surface area contributed by atoms with Gasteiger partial charge in [0, 0.05) is 18.0 Å². The highest BCUT2D eigenvalue weighted by atomic mass is 16.5. The van der Waals surface area contributed by atoms with Crippen molar-refractivity contribution in [2.75, 3.05) is 25.9 Å². The van der Waals surface area contributed by atoms with Crippen LogP contribution in [-0.4, -0.2) is 41.2 Å². The van der Waals surface area contributed by atoms with E-state index in [-0.39, 0.29) is 6.04 Å². The Kier molecular flexibility index (Phi) is 4.37. The number of piperidine rings is 3. The van der Waals surface area contributed by atoms with E-state index in [0.717, 1.165) is 47.3 Å². The quantitative estimate of drug-likeness (QED) is 0.827. The van der Waals surface area contributed by atoms with E-state index in [2.05, 4.69) is 22.5 Å². The van der Waals surface area contributed by atoms with E-state index >= 15 is 0 Å². The average molecular weight is 353 g/mol. The van der Waals surface area contributed by atoms with Gasteiger partial charge < -0.3 is 15.6 Å². The van der Waals surface area contributed by atoms with Crippen LogP contribution in [0.1, 0.15) is 30.1 Å². The second-order valence-electron chi connectivity index (χ2n) is 7.61. The van der Waals surface area contributed by atoms with E-state index in [1.165, 1.54) is 6.42 Å². The Balaban J connectivity index is 1.78. The summed E-state index contributed by atoms with van der Waals surface area (Å²) in [4.78, 5) is 6.91. The maximum atomic E-state index is 11.4. The number of methoxy groups -OCH3 is 1. The number of anilines is 1. The third-order valence-corrected chi connectivity index (χ3v) is 6.34. The van der Waals surface area contributed by atoms with Crippen LogP contribution in [0.5, 0.6) is 5.75 Å². The van der Waals surface area contributed by atoms with Gasteiger partial charge in [-0.1, -0.05) is 6.08 Å². The van der Waals surface area contributed by atoms with Gasteiger partial charge in [-0.05, 0) is 67.5 Å². The number of hydrogen-bond donors (Lipinski definition) is 2. The van der Waals surface area contributed by atoms with Crippen LogP contribution in [0.15, 0.2) is 30.9 Å². The Morgan fingerprint density at radius 3 is 2.92 bits per heavy atom. The summed E-state index contributed by atoms with van der Waals surface area (Å²) in [6.45, 7) is 7.96. The molecule has 1 aromatic heterocycles. The Morgan fingerprint density at radius 1 is 1.46 bits per heavy atom. The molecule has 3 saturated heterocycles. The van der Waals surface area contributed by atoms with Crippen molar-refractivity contribution in [3.8, 4) is 5.75 Å². The fourth-order valence-electron chi connectivity index (χ4n) is 4.79. The van der Waals surface area contributed by atoms with Crippen molar-refractivity contribution in [2.24, 2.45) is 11.8 Å². The lowest BCUT2D eigenvalue weighted by atomic mass is 9.73. The van der Waals surface area contributed by atoms with Gasteiger partial charge in [0.25, 0.3) is 0 Å². The molecule has 138 valence electrons. The topological polar surface area (TPSA) is 71.6 Å². The predicted octanol–water partition coefficient (Wildman–Crippen LogP) is 3.06. The van der Waals surface area contributed by atoms with Gasteiger partial charge in [0.1, 0.15) is 11.6 Å². The van der Waals surface area contributed by atoms with E-state index in [4.69, 9.17) is 10.5 Å². The minimum Gasteiger partial charge on any atom is -0.497 e. The molecule has 3 N–H and O–H groups in total. The summed E-state index contributed by atoms with van der Waals surface area (Å²) in [7, 11) is 1.65. The number of aliphatic hydroxyl groups is 1. The minimum atomic E-state index is -0.594. The molecule has 1 aromatic carbocycles. The standard InChI is InChI=1S/C21H27N3O2/c1-4-13-11-24-8-7-14(13)9-18(24)20(25)19-12(2)21(22)23-17-6-5-15(26-3)10-16(17)19/h4-6,10,13-14,18,20,25H,1,7-9,11H2,2-3H3,(H2,22,23)/t13-,14-,18+,20+/m0/s1. The summed E-state index contributed by atoms with van der Waals surface area (Å²) in [5.41, 5.74) is 8.71. The Bertz CT molecular complexity index is 851. The molecule has 5 atom stereocenters. The van der Waals surface area contributed by atoms with Gasteiger partial charge >= 0.3 is 0 Å². The van der Waals surface area contributed by atoms with E-state index < -0.39 is 6.10 Å². The Hall–Kier alpha value is -2.11. The molecule has 2 aromatic rings.